The van der Waals surface area contributed by atoms with Gasteiger partial charge in [-0.1, -0.05) is 6.92 Å². The van der Waals surface area contributed by atoms with Gasteiger partial charge < -0.3 is 0 Å². The minimum Gasteiger partial charge on any atom is -0.243 e. The standard InChI is InChI=1S/C9H11ClN4S/c1-2-8(14-6-11-5-12-14)9-13-7(3-10)4-15-9/h4-6,8H,2-3H2,1H3. The molecule has 0 spiro atoms. The number of nitrogens with zero attached hydrogens (tertiary/aromatic N) is 4. The largest absolute Gasteiger partial charge is 0.243 e. The van der Waals surface area contributed by atoms with Crippen molar-refractivity contribution < 1.29 is 0 Å². The van der Waals surface area contributed by atoms with E-state index in [0.29, 0.717) is 5.88 Å². The zero-order chi connectivity index (χ0) is 10.7. The van der Waals surface area contributed by atoms with E-state index in [9.17, 15) is 0 Å². The Bertz CT molecular complexity index is 411. The third-order valence-electron chi connectivity index (χ3n) is 2.13. The topological polar surface area (TPSA) is 43.6 Å². The number of aromatic nitrogens is 4. The van der Waals surface area contributed by atoms with Crippen molar-refractivity contribution in [1.82, 2.24) is 19.7 Å². The van der Waals surface area contributed by atoms with E-state index in [1.54, 1.807) is 24.0 Å². The average Bonchev–Trinajstić information content (AvgIpc) is 2.89. The molecule has 1 atom stereocenters. The predicted molar refractivity (Wildman–Crippen MR) is 60.1 cm³/mol. The zero-order valence-corrected chi connectivity index (χ0v) is 9.87. The number of halogens is 1. The Morgan fingerprint density at radius 2 is 2.47 bits per heavy atom. The average molecular weight is 243 g/mol. The Balaban J connectivity index is 2.27. The summed E-state index contributed by atoms with van der Waals surface area (Å²) in [5, 5.41) is 7.17. The van der Waals surface area contributed by atoms with Crippen LogP contribution in [-0.2, 0) is 5.88 Å². The summed E-state index contributed by atoms with van der Waals surface area (Å²) in [6.45, 7) is 2.11. The van der Waals surface area contributed by atoms with Crippen molar-refractivity contribution in [1.29, 1.82) is 0 Å². The van der Waals surface area contributed by atoms with Crippen molar-refractivity contribution in [2.75, 3.05) is 0 Å². The molecule has 2 aromatic heterocycles. The lowest BCUT2D eigenvalue weighted by Crippen LogP contribution is -2.09. The molecular formula is C9H11ClN4S. The quantitative estimate of drug-likeness (QED) is 0.774. The van der Waals surface area contributed by atoms with E-state index in [1.165, 1.54) is 0 Å². The van der Waals surface area contributed by atoms with Crippen molar-refractivity contribution in [2.24, 2.45) is 0 Å². The molecule has 6 heteroatoms. The van der Waals surface area contributed by atoms with E-state index >= 15 is 0 Å². The third-order valence-corrected chi connectivity index (χ3v) is 3.40. The van der Waals surface area contributed by atoms with Gasteiger partial charge in [0.15, 0.2) is 0 Å². The first-order valence-corrected chi connectivity index (χ1v) is 6.11. The molecule has 0 fully saturated rings. The normalized spacial score (nSPS) is 12.9. The minimum atomic E-state index is 0.175. The number of alkyl halides is 1. The molecule has 0 amide bonds. The van der Waals surface area contributed by atoms with Crippen LogP contribution >= 0.6 is 22.9 Å². The molecule has 15 heavy (non-hydrogen) atoms. The first-order chi connectivity index (χ1) is 7.35. The molecule has 2 rings (SSSR count). The first kappa shape index (κ1) is 10.6. The highest BCUT2D eigenvalue weighted by Crippen LogP contribution is 2.24. The lowest BCUT2D eigenvalue weighted by Gasteiger charge is -2.11. The second kappa shape index (κ2) is 4.72. The van der Waals surface area contributed by atoms with Crippen LogP contribution in [0.4, 0.5) is 0 Å². The summed E-state index contributed by atoms with van der Waals surface area (Å²) in [4.78, 5) is 8.40. The van der Waals surface area contributed by atoms with E-state index in [-0.39, 0.29) is 6.04 Å². The SMILES string of the molecule is CCC(c1nc(CCl)cs1)n1cncn1. The van der Waals surface area contributed by atoms with Crippen LogP contribution in [0.15, 0.2) is 18.0 Å². The fourth-order valence-corrected chi connectivity index (χ4v) is 2.61. The van der Waals surface area contributed by atoms with Crippen LogP contribution in [0.1, 0.15) is 30.1 Å². The van der Waals surface area contributed by atoms with Crippen molar-refractivity contribution in [3.63, 3.8) is 0 Å². The number of hydrogen-bond donors (Lipinski definition) is 0. The molecule has 0 N–H and O–H groups in total. The van der Waals surface area contributed by atoms with Crippen molar-refractivity contribution in [3.05, 3.63) is 28.7 Å². The maximum absolute atomic E-state index is 5.72. The Morgan fingerprint density at radius 1 is 1.60 bits per heavy atom. The molecule has 0 radical (unpaired) electrons. The van der Waals surface area contributed by atoms with Crippen LogP contribution in [0.5, 0.6) is 0 Å². The Morgan fingerprint density at radius 3 is 3.00 bits per heavy atom. The van der Waals surface area contributed by atoms with Gasteiger partial charge in [-0.25, -0.2) is 14.6 Å². The summed E-state index contributed by atoms with van der Waals surface area (Å²) in [5.74, 6) is 0.463. The van der Waals surface area contributed by atoms with Gasteiger partial charge in [-0.05, 0) is 6.42 Å². The maximum Gasteiger partial charge on any atom is 0.137 e. The number of hydrogen-bond acceptors (Lipinski definition) is 4. The Hall–Kier alpha value is -0.940. The molecule has 80 valence electrons. The molecule has 2 heterocycles. The van der Waals surface area contributed by atoms with Crippen LogP contribution in [0, 0.1) is 0 Å². The monoisotopic (exact) mass is 242 g/mol. The van der Waals surface area contributed by atoms with Gasteiger partial charge in [-0.15, -0.1) is 22.9 Å². The van der Waals surface area contributed by atoms with E-state index in [1.807, 2.05) is 10.1 Å². The highest BCUT2D eigenvalue weighted by molar-refractivity contribution is 7.09. The molecule has 0 aliphatic heterocycles. The molecule has 0 aliphatic rings. The van der Waals surface area contributed by atoms with Crippen LogP contribution in [0.2, 0.25) is 0 Å². The zero-order valence-electron chi connectivity index (χ0n) is 8.30. The van der Waals surface area contributed by atoms with E-state index in [4.69, 9.17) is 11.6 Å². The van der Waals surface area contributed by atoms with Crippen molar-refractivity contribution >= 4 is 22.9 Å². The van der Waals surface area contributed by atoms with E-state index in [2.05, 4.69) is 22.0 Å². The summed E-state index contributed by atoms with van der Waals surface area (Å²) in [5.41, 5.74) is 0.926. The maximum atomic E-state index is 5.72. The lowest BCUT2D eigenvalue weighted by molar-refractivity contribution is 0.505. The number of thiazole rings is 1. The molecule has 0 bridgehead atoms. The van der Waals surface area contributed by atoms with Crippen molar-refractivity contribution in [3.8, 4) is 0 Å². The fourth-order valence-electron chi connectivity index (χ4n) is 1.39. The molecule has 0 aliphatic carbocycles. The van der Waals surface area contributed by atoms with Gasteiger partial charge in [0.25, 0.3) is 0 Å². The number of rotatable bonds is 4. The highest BCUT2D eigenvalue weighted by atomic mass is 35.5. The van der Waals surface area contributed by atoms with Gasteiger partial charge in [-0.3, -0.25) is 0 Å². The van der Waals surface area contributed by atoms with Gasteiger partial charge in [0.05, 0.1) is 11.6 Å². The van der Waals surface area contributed by atoms with Crippen LogP contribution in [0.3, 0.4) is 0 Å². The van der Waals surface area contributed by atoms with Gasteiger partial charge in [-0.2, -0.15) is 5.10 Å². The van der Waals surface area contributed by atoms with E-state index < -0.39 is 0 Å². The van der Waals surface area contributed by atoms with Gasteiger partial charge in [0, 0.05) is 5.38 Å². The highest BCUT2D eigenvalue weighted by Gasteiger charge is 2.15. The van der Waals surface area contributed by atoms with Crippen LogP contribution in [-0.4, -0.2) is 19.7 Å². The van der Waals surface area contributed by atoms with Gasteiger partial charge >= 0.3 is 0 Å². The van der Waals surface area contributed by atoms with Gasteiger partial charge in [0.1, 0.15) is 23.7 Å². The summed E-state index contributed by atoms with van der Waals surface area (Å²) in [7, 11) is 0. The smallest absolute Gasteiger partial charge is 0.137 e. The molecular weight excluding hydrogens is 232 g/mol. The van der Waals surface area contributed by atoms with E-state index in [0.717, 1.165) is 17.1 Å². The molecule has 2 aromatic rings. The fraction of sp³-hybridized carbons (Fsp3) is 0.444. The van der Waals surface area contributed by atoms with Crippen LogP contribution in [0.25, 0.3) is 0 Å². The molecule has 1 unspecified atom stereocenters. The molecule has 0 saturated carbocycles. The second-order valence-corrected chi connectivity index (χ2v) is 4.27. The molecule has 4 nitrogen and oxygen atoms in total. The second-order valence-electron chi connectivity index (χ2n) is 3.11. The minimum absolute atomic E-state index is 0.175. The van der Waals surface area contributed by atoms with Crippen molar-refractivity contribution in [2.45, 2.75) is 25.3 Å². The molecule has 0 aromatic carbocycles. The Labute approximate surface area is 96.9 Å². The summed E-state index contributed by atoms with van der Waals surface area (Å²) < 4.78 is 1.83. The summed E-state index contributed by atoms with van der Waals surface area (Å²) in [6.07, 6.45) is 4.20. The third kappa shape index (κ3) is 2.18. The Kier molecular flexibility index (Phi) is 3.33. The van der Waals surface area contributed by atoms with Crippen LogP contribution < -0.4 is 0 Å². The van der Waals surface area contributed by atoms with Gasteiger partial charge in [0.2, 0.25) is 0 Å². The first-order valence-electron chi connectivity index (χ1n) is 4.69. The lowest BCUT2D eigenvalue weighted by atomic mass is 10.2. The predicted octanol–water partition coefficient (Wildman–Crippen LogP) is 2.47. The summed E-state index contributed by atoms with van der Waals surface area (Å²) in [6, 6.07) is 0.175. The molecule has 0 saturated heterocycles. The summed E-state index contributed by atoms with van der Waals surface area (Å²) >= 11 is 7.34.